The molecule has 1 aromatic rings. The summed E-state index contributed by atoms with van der Waals surface area (Å²) in [6.07, 6.45) is 4.04. The van der Waals surface area contributed by atoms with Crippen LogP contribution in [0.5, 0.6) is 0 Å². The molecule has 1 aliphatic heterocycles. The fourth-order valence-corrected chi connectivity index (χ4v) is 2.14. The molecule has 1 heterocycles. The predicted octanol–water partition coefficient (Wildman–Crippen LogP) is 2.40. The molecule has 0 aliphatic carbocycles. The van der Waals surface area contributed by atoms with E-state index in [1.807, 2.05) is 12.1 Å². The first-order valence-electron chi connectivity index (χ1n) is 5.34. The Morgan fingerprint density at radius 3 is 2.67 bits per heavy atom. The summed E-state index contributed by atoms with van der Waals surface area (Å²) < 4.78 is 0. The zero-order valence-corrected chi connectivity index (χ0v) is 8.98. The SMILES string of the molecule is Cc1cc(C=NO)ccc1N1CCCC1. The Kier molecular flexibility index (Phi) is 2.90. The summed E-state index contributed by atoms with van der Waals surface area (Å²) in [4.78, 5) is 2.41. The molecule has 1 saturated heterocycles. The Morgan fingerprint density at radius 1 is 1.33 bits per heavy atom. The summed E-state index contributed by atoms with van der Waals surface area (Å²) >= 11 is 0. The normalized spacial score (nSPS) is 16.5. The van der Waals surface area contributed by atoms with E-state index in [0.717, 1.165) is 18.7 Å². The maximum Gasteiger partial charge on any atom is 0.0733 e. The first-order chi connectivity index (χ1) is 7.31. The van der Waals surface area contributed by atoms with Crippen molar-refractivity contribution in [3.8, 4) is 0 Å². The highest BCUT2D eigenvalue weighted by atomic mass is 16.4. The van der Waals surface area contributed by atoms with Gasteiger partial charge in [0, 0.05) is 18.8 Å². The molecule has 1 aliphatic rings. The van der Waals surface area contributed by atoms with Crippen molar-refractivity contribution in [1.82, 2.24) is 0 Å². The first-order valence-corrected chi connectivity index (χ1v) is 5.34. The second-order valence-electron chi connectivity index (χ2n) is 3.98. The number of aryl methyl sites for hydroxylation is 1. The van der Waals surface area contributed by atoms with Crippen molar-refractivity contribution >= 4 is 11.9 Å². The Hall–Kier alpha value is -1.51. The highest BCUT2D eigenvalue weighted by Crippen LogP contribution is 2.24. The van der Waals surface area contributed by atoms with Crippen molar-refractivity contribution in [2.45, 2.75) is 19.8 Å². The van der Waals surface area contributed by atoms with Crippen LogP contribution < -0.4 is 4.90 Å². The maximum atomic E-state index is 8.45. The van der Waals surface area contributed by atoms with Crippen LogP contribution in [0.1, 0.15) is 24.0 Å². The Labute approximate surface area is 90.0 Å². The number of nitrogens with zero attached hydrogens (tertiary/aromatic N) is 2. The molecule has 15 heavy (non-hydrogen) atoms. The molecule has 0 unspecified atom stereocenters. The minimum absolute atomic E-state index is 0.943. The number of hydrogen-bond donors (Lipinski definition) is 1. The summed E-state index contributed by atoms with van der Waals surface area (Å²) in [5, 5.41) is 11.5. The van der Waals surface area contributed by atoms with Gasteiger partial charge in [-0.3, -0.25) is 0 Å². The zero-order valence-electron chi connectivity index (χ0n) is 8.98. The third kappa shape index (κ3) is 2.12. The molecule has 0 spiro atoms. The van der Waals surface area contributed by atoms with Crippen molar-refractivity contribution in [2.24, 2.45) is 5.16 Å². The minimum Gasteiger partial charge on any atom is -0.411 e. The van der Waals surface area contributed by atoms with Crippen LogP contribution in [-0.2, 0) is 0 Å². The summed E-state index contributed by atoms with van der Waals surface area (Å²) in [5.41, 5.74) is 3.50. The molecule has 0 radical (unpaired) electrons. The number of oxime groups is 1. The number of benzene rings is 1. The first kappa shape index (κ1) is 10.0. The smallest absolute Gasteiger partial charge is 0.0733 e. The van der Waals surface area contributed by atoms with Crippen LogP contribution in [0.15, 0.2) is 23.4 Å². The van der Waals surface area contributed by atoms with Gasteiger partial charge in [-0.1, -0.05) is 11.2 Å². The topological polar surface area (TPSA) is 35.8 Å². The molecule has 0 saturated carbocycles. The zero-order chi connectivity index (χ0) is 10.7. The fourth-order valence-electron chi connectivity index (χ4n) is 2.14. The summed E-state index contributed by atoms with van der Waals surface area (Å²) in [5.74, 6) is 0. The molecule has 1 N–H and O–H groups in total. The lowest BCUT2D eigenvalue weighted by molar-refractivity contribution is 0.322. The molecule has 80 valence electrons. The molecule has 3 heteroatoms. The Bertz CT molecular complexity index is 368. The van der Waals surface area contributed by atoms with Crippen LogP contribution in [0.4, 0.5) is 5.69 Å². The lowest BCUT2D eigenvalue weighted by Gasteiger charge is -2.20. The molecule has 1 fully saturated rings. The van der Waals surface area contributed by atoms with E-state index in [1.165, 1.54) is 30.3 Å². The van der Waals surface area contributed by atoms with Gasteiger partial charge in [0.15, 0.2) is 0 Å². The summed E-state index contributed by atoms with van der Waals surface area (Å²) in [6, 6.07) is 6.14. The Balaban J connectivity index is 2.25. The molecule has 3 nitrogen and oxygen atoms in total. The van der Waals surface area contributed by atoms with E-state index in [4.69, 9.17) is 5.21 Å². The van der Waals surface area contributed by atoms with Gasteiger partial charge in [-0.15, -0.1) is 0 Å². The third-order valence-electron chi connectivity index (χ3n) is 2.87. The van der Waals surface area contributed by atoms with E-state index in [1.54, 1.807) is 0 Å². The number of anilines is 1. The van der Waals surface area contributed by atoms with Gasteiger partial charge in [0.25, 0.3) is 0 Å². The summed E-state index contributed by atoms with van der Waals surface area (Å²) in [7, 11) is 0. The van der Waals surface area contributed by atoms with E-state index in [2.05, 4.69) is 23.0 Å². The molecule has 0 aromatic heterocycles. The highest BCUT2D eigenvalue weighted by Gasteiger charge is 2.13. The van der Waals surface area contributed by atoms with Crippen LogP contribution in [-0.4, -0.2) is 24.5 Å². The van der Waals surface area contributed by atoms with Gasteiger partial charge in [0.1, 0.15) is 0 Å². The molecule has 0 atom stereocenters. The fraction of sp³-hybridized carbons (Fsp3) is 0.417. The third-order valence-corrected chi connectivity index (χ3v) is 2.87. The van der Waals surface area contributed by atoms with Crippen molar-refractivity contribution in [3.63, 3.8) is 0 Å². The second kappa shape index (κ2) is 4.34. The molecule has 2 rings (SSSR count). The van der Waals surface area contributed by atoms with Gasteiger partial charge in [-0.05, 0) is 43.0 Å². The van der Waals surface area contributed by atoms with Gasteiger partial charge in [-0.25, -0.2) is 0 Å². The lowest BCUT2D eigenvalue weighted by atomic mass is 10.1. The van der Waals surface area contributed by atoms with Crippen molar-refractivity contribution in [1.29, 1.82) is 0 Å². The van der Waals surface area contributed by atoms with Crippen LogP contribution in [0.25, 0.3) is 0 Å². The monoisotopic (exact) mass is 204 g/mol. The van der Waals surface area contributed by atoms with E-state index in [9.17, 15) is 0 Å². The van der Waals surface area contributed by atoms with Crippen LogP contribution >= 0.6 is 0 Å². The van der Waals surface area contributed by atoms with Crippen LogP contribution in [0.2, 0.25) is 0 Å². The lowest BCUT2D eigenvalue weighted by Crippen LogP contribution is -2.18. The van der Waals surface area contributed by atoms with Gasteiger partial charge in [0.2, 0.25) is 0 Å². The van der Waals surface area contributed by atoms with Crippen molar-refractivity contribution in [3.05, 3.63) is 29.3 Å². The molecule has 0 amide bonds. The van der Waals surface area contributed by atoms with E-state index in [0.29, 0.717) is 0 Å². The predicted molar refractivity (Wildman–Crippen MR) is 62.0 cm³/mol. The quantitative estimate of drug-likeness (QED) is 0.456. The van der Waals surface area contributed by atoms with Gasteiger partial charge in [0.05, 0.1) is 6.21 Å². The highest BCUT2D eigenvalue weighted by molar-refractivity contribution is 5.80. The molecule has 0 bridgehead atoms. The molecular formula is C12H16N2O. The van der Waals surface area contributed by atoms with Gasteiger partial charge < -0.3 is 10.1 Å². The molecular weight excluding hydrogens is 188 g/mol. The van der Waals surface area contributed by atoms with Gasteiger partial charge >= 0.3 is 0 Å². The number of rotatable bonds is 2. The van der Waals surface area contributed by atoms with Crippen LogP contribution in [0.3, 0.4) is 0 Å². The minimum atomic E-state index is 0.943. The molecule has 1 aromatic carbocycles. The van der Waals surface area contributed by atoms with Gasteiger partial charge in [-0.2, -0.15) is 0 Å². The second-order valence-corrected chi connectivity index (χ2v) is 3.98. The average Bonchev–Trinajstić information content (AvgIpc) is 2.71. The van der Waals surface area contributed by atoms with Crippen molar-refractivity contribution in [2.75, 3.05) is 18.0 Å². The van der Waals surface area contributed by atoms with E-state index >= 15 is 0 Å². The number of hydrogen-bond acceptors (Lipinski definition) is 3. The maximum absolute atomic E-state index is 8.45. The standard InChI is InChI=1S/C12H16N2O/c1-10-8-11(9-13-15)4-5-12(10)14-6-2-3-7-14/h4-5,8-9,15H,2-3,6-7H2,1H3. The Morgan fingerprint density at radius 2 is 2.07 bits per heavy atom. The summed E-state index contributed by atoms with van der Waals surface area (Å²) in [6.45, 7) is 4.42. The van der Waals surface area contributed by atoms with E-state index < -0.39 is 0 Å². The largest absolute Gasteiger partial charge is 0.411 e. The van der Waals surface area contributed by atoms with Crippen molar-refractivity contribution < 1.29 is 5.21 Å². The average molecular weight is 204 g/mol. The van der Waals surface area contributed by atoms with Crippen LogP contribution in [0, 0.1) is 6.92 Å². The van der Waals surface area contributed by atoms with E-state index in [-0.39, 0.29) is 0 Å².